The maximum Gasteiger partial charge on any atom is 0.267 e. The monoisotopic (exact) mass is 312 g/mol. The fourth-order valence-electron chi connectivity index (χ4n) is 2.83. The molecule has 1 saturated carbocycles. The maximum absolute atomic E-state index is 12.1. The van der Waals surface area contributed by atoms with Crippen LogP contribution in [0.2, 0.25) is 0 Å². The smallest absolute Gasteiger partial charge is 0.267 e. The molecule has 4 heteroatoms. The number of H-pyrrole nitrogens is 1. The van der Waals surface area contributed by atoms with E-state index in [1.807, 2.05) is 6.07 Å². The molecule has 1 aromatic rings. The van der Waals surface area contributed by atoms with Crippen LogP contribution in [0.4, 0.5) is 0 Å². The lowest BCUT2D eigenvalue weighted by Gasteiger charge is -2.30. The number of rotatable bonds is 4. The Balaban J connectivity index is 1.95. The van der Waals surface area contributed by atoms with Crippen LogP contribution in [0.5, 0.6) is 0 Å². The Morgan fingerprint density at radius 3 is 2.78 bits per heavy atom. The molecule has 1 heterocycles. The molecule has 3 nitrogen and oxygen atoms in total. The number of carbonyl (C=O) groups is 1. The Labute approximate surface area is 117 Å². The second kappa shape index (κ2) is 6.41. The summed E-state index contributed by atoms with van der Waals surface area (Å²) in [6.07, 6.45) is 9.29. The minimum absolute atomic E-state index is 0.0122. The third kappa shape index (κ3) is 3.37. The molecule has 0 bridgehead atoms. The predicted octanol–water partition coefficient (Wildman–Crippen LogP) is 3.87. The molecule has 0 aromatic carbocycles. The zero-order valence-electron chi connectivity index (χ0n) is 10.8. The van der Waals surface area contributed by atoms with E-state index in [1.54, 1.807) is 6.20 Å². The molecule has 0 aliphatic heterocycles. The maximum atomic E-state index is 12.1. The summed E-state index contributed by atoms with van der Waals surface area (Å²) in [6.45, 7) is 2.16. The summed E-state index contributed by atoms with van der Waals surface area (Å²) in [5, 5.41) is 3.18. The minimum atomic E-state index is 0.0122. The van der Waals surface area contributed by atoms with Crippen LogP contribution in [0.25, 0.3) is 0 Å². The fourth-order valence-corrected chi connectivity index (χ4v) is 3.18. The van der Waals surface area contributed by atoms with E-state index in [9.17, 15) is 4.79 Å². The molecule has 1 aliphatic carbocycles. The summed E-state index contributed by atoms with van der Waals surface area (Å²) in [4.78, 5) is 15.1. The molecular weight excluding hydrogens is 292 g/mol. The van der Waals surface area contributed by atoms with E-state index >= 15 is 0 Å². The first-order valence-electron chi connectivity index (χ1n) is 6.85. The fraction of sp³-hybridized carbons (Fsp3) is 0.643. The van der Waals surface area contributed by atoms with Gasteiger partial charge in [0.2, 0.25) is 0 Å². The van der Waals surface area contributed by atoms with Gasteiger partial charge in [-0.3, -0.25) is 4.79 Å². The summed E-state index contributed by atoms with van der Waals surface area (Å²) >= 11 is 3.35. The molecule has 100 valence electrons. The van der Waals surface area contributed by atoms with Crippen LogP contribution < -0.4 is 5.32 Å². The van der Waals surface area contributed by atoms with E-state index in [0.717, 1.165) is 10.9 Å². The second-order valence-corrected chi connectivity index (χ2v) is 6.03. The lowest BCUT2D eigenvalue weighted by Crippen LogP contribution is -2.40. The SMILES string of the molecule is CCC(NC(=O)c1cc(Br)c[nH]1)C1CCCCC1. The highest BCUT2D eigenvalue weighted by Gasteiger charge is 2.24. The Morgan fingerprint density at radius 1 is 1.50 bits per heavy atom. The summed E-state index contributed by atoms with van der Waals surface area (Å²) in [5.41, 5.74) is 0.635. The van der Waals surface area contributed by atoms with Crippen LogP contribution >= 0.6 is 15.9 Å². The first-order chi connectivity index (χ1) is 8.70. The van der Waals surface area contributed by atoms with Crippen LogP contribution in [0.3, 0.4) is 0 Å². The van der Waals surface area contributed by atoms with Gasteiger partial charge < -0.3 is 10.3 Å². The van der Waals surface area contributed by atoms with Crippen molar-refractivity contribution in [2.75, 3.05) is 0 Å². The first kappa shape index (κ1) is 13.7. The molecule has 1 aliphatic rings. The van der Waals surface area contributed by atoms with Crippen LogP contribution in [-0.2, 0) is 0 Å². The van der Waals surface area contributed by atoms with Gasteiger partial charge in [0.15, 0.2) is 0 Å². The second-order valence-electron chi connectivity index (χ2n) is 5.12. The lowest BCUT2D eigenvalue weighted by molar-refractivity contribution is 0.0906. The number of aromatic amines is 1. The molecule has 1 aromatic heterocycles. The Hall–Kier alpha value is -0.770. The minimum Gasteiger partial charge on any atom is -0.356 e. The average molecular weight is 313 g/mol. The number of halogens is 1. The molecule has 0 radical (unpaired) electrons. The van der Waals surface area contributed by atoms with Crippen LogP contribution in [0.1, 0.15) is 55.9 Å². The van der Waals surface area contributed by atoms with Gasteiger partial charge in [0.05, 0.1) is 0 Å². The van der Waals surface area contributed by atoms with Crippen LogP contribution in [-0.4, -0.2) is 16.9 Å². The molecule has 0 spiro atoms. The number of hydrogen-bond acceptors (Lipinski definition) is 1. The zero-order valence-corrected chi connectivity index (χ0v) is 12.4. The third-order valence-electron chi connectivity index (χ3n) is 3.87. The summed E-state index contributed by atoms with van der Waals surface area (Å²) in [7, 11) is 0. The Morgan fingerprint density at radius 2 is 2.22 bits per heavy atom. The highest BCUT2D eigenvalue weighted by molar-refractivity contribution is 9.10. The van der Waals surface area contributed by atoms with Crippen LogP contribution in [0, 0.1) is 5.92 Å². The van der Waals surface area contributed by atoms with Crippen molar-refractivity contribution in [3.8, 4) is 0 Å². The van der Waals surface area contributed by atoms with E-state index in [1.165, 1.54) is 32.1 Å². The number of amides is 1. The van der Waals surface area contributed by atoms with Crippen molar-refractivity contribution in [2.24, 2.45) is 5.92 Å². The number of aromatic nitrogens is 1. The average Bonchev–Trinajstić information content (AvgIpc) is 2.83. The van der Waals surface area contributed by atoms with Crippen molar-refractivity contribution < 1.29 is 4.79 Å². The van der Waals surface area contributed by atoms with Gasteiger partial charge in [-0.2, -0.15) is 0 Å². The Bertz CT molecular complexity index is 396. The summed E-state index contributed by atoms with van der Waals surface area (Å²) < 4.78 is 0.915. The normalized spacial score (nSPS) is 18.6. The van der Waals surface area contributed by atoms with Gasteiger partial charge in [-0.1, -0.05) is 26.2 Å². The van der Waals surface area contributed by atoms with Crippen molar-refractivity contribution in [1.29, 1.82) is 0 Å². The van der Waals surface area contributed by atoms with E-state index in [2.05, 4.69) is 33.2 Å². The summed E-state index contributed by atoms with van der Waals surface area (Å²) in [6, 6.07) is 2.14. The molecule has 1 atom stereocenters. The van der Waals surface area contributed by atoms with Gasteiger partial charge in [0.1, 0.15) is 5.69 Å². The Kier molecular flexibility index (Phi) is 4.87. The van der Waals surface area contributed by atoms with Gasteiger partial charge in [-0.05, 0) is 47.2 Å². The van der Waals surface area contributed by atoms with Crippen molar-refractivity contribution >= 4 is 21.8 Å². The van der Waals surface area contributed by atoms with E-state index in [0.29, 0.717) is 17.7 Å². The van der Waals surface area contributed by atoms with Crippen molar-refractivity contribution in [1.82, 2.24) is 10.3 Å². The van der Waals surface area contributed by atoms with Crippen molar-refractivity contribution in [3.05, 3.63) is 22.4 Å². The molecular formula is C14H21BrN2O. The highest BCUT2D eigenvalue weighted by atomic mass is 79.9. The first-order valence-corrected chi connectivity index (χ1v) is 7.64. The van der Waals surface area contributed by atoms with E-state index < -0.39 is 0 Å². The van der Waals surface area contributed by atoms with Crippen molar-refractivity contribution in [2.45, 2.75) is 51.5 Å². The third-order valence-corrected chi connectivity index (χ3v) is 4.33. The number of nitrogens with one attached hydrogen (secondary N) is 2. The number of carbonyl (C=O) groups excluding carboxylic acids is 1. The summed E-state index contributed by atoms with van der Waals surface area (Å²) in [5.74, 6) is 0.671. The van der Waals surface area contributed by atoms with Gasteiger partial charge in [0.25, 0.3) is 5.91 Å². The lowest BCUT2D eigenvalue weighted by atomic mass is 9.83. The van der Waals surface area contributed by atoms with Gasteiger partial charge in [-0.25, -0.2) is 0 Å². The van der Waals surface area contributed by atoms with Gasteiger partial charge in [-0.15, -0.1) is 0 Å². The molecule has 1 fully saturated rings. The topological polar surface area (TPSA) is 44.9 Å². The standard InChI is InChI=1S/C14H21BrN2O/c1-2-12(10-6-4-3-5-7-10)17-14(18)13-8-11(15)9-16-13/h8-10,12,16H,2-7H2,1H3,(H,17,18). The zero-order chi connectivity index (χ0) is 13.0. The molecule has 18 heavy (non-hydrogen) atoms. The molecule has 1 unspecified atom stereocenters. The molecule has 2 rings (SSSR count). The van der Waals surface area contributed by atoms with Gasteiger partial charge in [0, 0.05) is 16.7 Å². The largest absolute Gasteiger partial charge is 0.356 e. The van der Waals surface area contributed by atoms with Gasteiger partial charge >= 0.3 is 0 Å². The van der Waals surface area contributed by atoms with Crippen molar-refractivity contribution in [3.63, 3.8) is 0 Å². The predicted molar refractivity (Wildman–Crippen MR) is 76.6 cm³/mol. The van der Waals surface area contributed by atoms with Crippen LogP contribution in [0.15, 0.2) is 16.7 Å². The molecule has 2 N–H and O–H groups in total. The van der Waals surface area contributed by atoms with E-state index in [-0.39, 0.29) is 5.91 Å². The quantitative estimate of drug-likeness (QED) is 0.871. The number of hydrogen-bond donors (Lipinski definition) is 2. The molecule has 1 amide bonds. The van der Waals surface area contributed by atoms with E-state index in [4.69, 9.17) is 0 Å². The highest BCUT2D eigenvalue weighted by Crippen LogP contribution is 2.27. The molecule has 0 saturated heterocycles.